The van der Waals surface area contributed by atoms with E-state index in [1.807, 2.05) is 68.4 Å². The summed E-state index contributed by atoms with van der Waals surface area (Å²) in [5, 5.41) is 2.97. The quantitative estimate of drug-likeness (QED) is 0.355. The van der Waals surface area contributed by atoms with Gasteiger partial charge in [-0.1, -0.05) is 84.4 Å². The molecule has 0 bridgehead atoms. The van der Waals surface area contributed by atoms with Gasteiger partial charge in [0, 0.05) is 24.0 Å². The van der Waals surface area contributed by atoms with Gasteiger partial charge in [-0.15, -0.1) is 0 Å². The van der Waals surface area contributed by atoms with E-state index in [4.69, 9.17) is 4.74 Å². The Hall–Kier alpha value is -3.19. The van der Waals surface area contributed by atoms with Crippen LogP contribution in [0.5, 0.6) is 5.75 Å². The summed E-state index contributed by atoms with van der Waals surface area (Å²) < 4.78 is 20.4. The van der Waals surface area contributed by atoms with Gasteiger partial charge in [0.05, 0.1) is 0 Å². The van der Waals surface area contributed by atoms with Crippen molar-refractivity contribution in [2.75, 3.05) is 13.2 Å². The van der Waals surface area contributed by atoms with Crippen molar-refractivity contribution in [3.63, 3.8) is 0 Å². The molecule has 0 unspecified atom stereocenters. The minimum Gasteiger partial charge on any atom is -0.481 e. The average molecular weight is 541 g/mol. The van der Waals surface area contributed by atoms with Crippen molar-refractivity contribution >= 4 is 27.7 Å². The van der Waals surface area contributed by atoms with Gasteiger partial charge in [0.25, 0.3) is 5.91 Å². The van der Waals surface area contributed by atoms with Gasteiger partial charge in [-0.25, -0.2) is 4.39 Å². The number of hydrogen-bond acceptors (Lipinski definition) is 3. The van der Waals surface area contributed by atoms with Crippen molar-refractivity contribution in [3.8, 4) is 5.75 Å². The Balaban J connectivity index is 1.91. The Bertz CT molecular complexity index is 1120. The molecule has 0 spiro atoms. The molecular formula is C28H30BrFN2O3. The molecule has 0 radical (unpaired) electrons. The molecule has 0 aromatic heterocycles. The molecule has 0 aliphatic carbocycles. The number of hydrogen-bond donors (Lipinski definition) is 1. The molecular weight excluding hydrogens is 511 g/mol. The summed E-state index contributed by atoms with van der Waals surface area (Å²) in [6, 6.07) is 22.3. The van der Waals surface area contributed by atoms with Gasteiger partial charge in [0.2, 0.25) is 5.91 Å². The predicted octanol–water partition coefficient (Wildman–Crippen LogP) is 5.38. The van der Waals surface area contributed by atoms with Gasteiger partial charge in [-0.05, 0) is 41.3 Å². The van der Waals surface area contributed by atoms with Gasteiger partial charge in [-0.3, -0.25) is 9.59 Å². The maximum Gasteiger partial charge on any atom is 0.261 e. The lowest BCUT2D eigenvalue weighted by Crippen LogP contribution is -2.52. The lowest BCUT2D eigenvalue weighted by Gasteiger charge is -2.31. The van der Waals surface area contributed by atoms with Crippen molar-refractivity contribution in [2.24, 2.45) is 5.92 Å². The van der Waals surface area contributed by atoms with Gasteiger partial charge < -0.3 is 15.0 Å². The average Bonchev–Trinajstić information content (AvgIpc) is 2.84. The number of nitrogens with zero attached hydrogens (tertiary/aromatic N) is 1. The molecule has 5 nitrogen and oxygen atoms in total. The second-order valence-electron chi connectivity index (χ2n) is 8.72. The van der Waals surface area contributed by atoms with Crippen molar-refractivity contribution in [1.82, 2.24) is 10.2 Å². The second-order valence-corrected chi connectivity index (χ2v) is 9.63. The number of rotatable bonds is 11. The fourth-order valence-corrected chi connectivity index (χ4v) is 4.04. The first kappa shape index (κ1) is 26.4. The maximum absolute atomic E-state index is 14.1. The first-order valence-corrected chi connectivity index (χ1v) is 12.4. The van der Waals surface area contributed by atoms with E-state index in [2.05, 4.69) is 21.2 Å². The SMILES string of the molecule is CC(C)CNC(=O)[C@H](Cc1ccccc1)N(Cc1cccc(Br)c1)C(=O)COc1ccccc1F. The van der Waals surface area contributed by atoms with E-state index in [1.165, 1.54) is 17.0 Å². The standard InChI is InChI=1S/C28H30BrFN2O3/c1-20(2)17-31-28(34)25(16-21-9-4-3-5-10-21)32(18-22-11-8-12-23(29)15-22)27(33)19-35-26-14-7-6-13-24(26)30/h3-15,20,25H,16-19H2,1-2H3,(H,31,34)/t25-/m0/s1. The summed E-state index contributed by atoms with van der Waals surface area (Å²) in [5.41, 5.74) is 1.78. The Kier molecular flexibility index (Phi) is 9.85. The van der Waals surface area contributed by atoms with Crippen LogP contribution in [0.3, 0.4) is 0 Å². The van der Waals surface area contributed by atoms with Crippen LogP contribution in [0.1, 0.15) is 25.0 Å². The van der Waals surface area contributed by atoms with Crippen LogP contribution < -0.4 is 10.1 Å². The molecule has 0 aliphatic heterocycles. The molecule has 3 rings (SSSR count). The van der Waals surface area contributed by atoms with Crippen molar-refractivity contribution < 1.29 is 18.7 Å². The largest absolute Gasteiger partial charge is 0.481 e. The number of benzene rings is 3. The lowest BCUT2D eigenvalue weighted by molar-refractivity contribution is -0.142. The highest BCUT2D eigenvalue weighted by Gasteiger charge is 2.31. The predicted molar refractivity (Wildman–Crippen MR) is 138 cm³/mol. The van der Waals surface area contributed by atoms with Crippen LogP contribution in [0.15, 0.2) is 83.3 Å². The molecule has 3 aromatic carbocycles. The minimum absolute atomic E-state index is 0.00729. The Morgan fingerprint density at radius 2 is 1.66 bits per heavy atom. The summed E-state index contributed by atoms with van der Waals surface area (Å²) in [6.07, 6.45) is 0.338. The van der Waals surface area contributed by atoms with Crippen LogP contribution >= 0.6 is 15.9 Å². The number of carbonyl (C=O) groups is 2. The number of amides is 2. The molecule has 1 atom stereocenters. The van der Waals surface area contributed by atoms with Gasteiger partial charge in [0.15, 0.2) is 18.2 Å². The summed E-state index contributed by atoms with van der Waals surface area (Å²) in [4.78, 5) is 28.4. The highest BCUT2D eigenvalue weighted by atomic mass is 79.9. The third-order valence-electron chi connectivity index (χ3n) is 5.39. The molecule has 0 saturated carbocycles. The number of halogens is 2. The summed E-state index contributed by atoms with van der Waals surface area (Å²) in [6.45, 7) is 4.33. The fourth-order valence-electron chi connectivity index (χ4n) is 3.59. The second kappa shape index (κ2) is 13.0. The number of nitrogens with one attached hydrogen (secondary N) is 1. The van der Waals surface area contributed by atoms with E-state index in [9.17, 15) is 14.0 Å². The molecule has 0 heterocycles. The highest BCUT2D eigenvalue weighted by Crippen LogP contribution is 2.19. The molecule has 35 heavy (non-hydrogen) atoms. The zero-order valence-electron chi connectivity index (χ0n) is 19.9. The molecule has 184 valence electrons. The minimum atomic E-state index is -0.771. The van der Waals surface area contributed by atoms with Crippen LogP contribution in [-0.4, -0.2) is 35.9 Å². The molecule has 2 amide bonds. The van der Waals surface area contributed by atoms with Crippen LogP contribution in [0.4, 0.5) is 4.39 Å². The number of para-hydroxylation sites is 1. The molecule has 0 fully saturated rings. The maximum atomic E-state index is 14.1. The van der Waals surface area contributed by atoms with Crippen LogP contribution in [0.2, 0.25) is 0 Å². The zero-order valence-corrected chi connectivity index (χ0v) is 21.5. The van der Waals surface area contributed by atoms with Crippen molar-refractivity contribution in [1.29, 1.82) is 0 Å². The van der Waals surface area contributed by atoms with Crippen LogP contribution in [-0.2, 0) is 22.6 Å². The van der Waals surface area contributed by atoms with Crippen LogP contribution in [0, 0.1) is 11.7 Å². The molecule has 3 aromatic rings. The van der Waals surface area contributed by atoms with E-state index in [-0.39, 0.29) is 24.1 Å². The van der Waals surface area contributed by atoms with Gasteiger partial charge >= 0.3 is 0 Å². The topological polar surface area (TPSA) is 58.6 Å². The van der Waals surface area contributed by atoms with E-state index >= 15 is 0 Å². The van der Waals surface area contributed by atoms with E-state index in [1.54, 1.807) is 12.1 Å². The third-order valence-corrected chi connectivity index (χ3v) is 5.88. The van der Waals surface area contributed by atoms with E-state index in [0.29, 0.717) is 13.0 Å². The highest BCUT2D eigenvalue weighted by molar-refractivity contribution is 9.10. The summed E-state index contributed by atoms with van der Waals surface area (Å²) >= 11 is 3.47. The Labute approximate surface area is 214 Å². The normalized spacial score (nSPS) is 11.7. The van der Waals surface area contributed by atoms with Gasteiger partial charge in [-0.2, -0.15) is 0 Å². The van der Waals surface area contributed by atoms with Crippen molar-refractivity contribution in [3.05, 3.63) is 100 Å². The van der Waals surface area contributed by atoms with Crippen molar-refractivity contribution in [2.45, 2.75) is 32.9 Å². The first-order chi connectivity index (χ1) is 16.8. The van der Waals surface area contributed by atoms with Gasteiger partial charge in [0.1, 0.15) is 6.04 Å². The number of carbonyl (C=O) groups excluding carboxylic acids is 2. The fraction of sp³-hybridized carbons (Fsp3) is 0.286. The molecule has 0 saturated heterocycles. The Morgan fingerprint density at radius 3 is 2.34 bits per heavy atom. The molecule has 0 aliphatic rings. The monoisotopic (exact) mass is 540 g/mol. The summed E-state index contributed by atoms with van der Waals surface area (Å²) in [7, 11) is 0. The Morgan fingerprint density at radius 1 is 0.971 bits per heavy atom. The molecule has 7 heteroatoms. The van der Waals surface area contributed by atoms with E-state index in [0.717, 1.165) is 15.6 Å². The zero-order chi connectivity index (χ0) is 25.2. The third kappa shape index (κ3) is 8.21. The van der Waals surface area contributed by atoms with E-state index < -0.39 is 24.4 Å². The summed E-state index contributed by atoms with van der Waals surface area (Å²) in [5.74, 6) is -0.943. The lowest BCUT2D eigenvalue weighted by atomic mass is 10.0. The van der Waals surface area contributed by atoms with Crippen LogP contribution in [0.25, 0.3) is 0 Å². The number of ether oxygens (including phenoxy) is 1. The molecule has 1 N–H and O–H groups in total. The smallest absolute Gasteiger partial charge is 0.261 e. The first-order valence-electron chi connectivity index (χ1n) is 11.6.